The van der Waals surface area contributed by atoms with Crippen molar-refractivity contribution < 1.29 is 24.2 Å². The van der Waals surface area contributed by atoms with Crippen LogP contribution in [0.15, 0.2) is 23.1 Å². The van der Waals surface area contributed by atoms with Gasteiger partial charge in [-0.05, 0) is 36.7 Å². The maximum atomic E-state index is 12.4. The standard InChI is InChI=1S/C18H22N2O5S/c1-4-25-13-7-5-6-12(16(13)22)8-14-17(23)20(18(24)26-14)10-15(21)19-9-11(2)3/h5-8,11,22H,4,9-10H2,1-3H3,(H,19,21)/b14-8-. The van der Waals surface area contributed by atoms with Crippen LogP contribution in [0.25, 0.3) is 6.08 Å². The monoisotopic (exact) mass is 378 g/mol. The Labute approximate surface area is 156 Å². The molecule has 0 saturated carbocycles. The van der Waals surface area contributed by atoms with Crippen molar-refractivity contribution in [3.05, 3.63) is 28.7 Å². The predicted molar refractivity (Wildman–Crippen MR) is 99.8 cm³/mol. The minimum absolute atomic E-state index is 0.101. The summed E-state index contributed by atoms with van der Waals surface area (Å²) in [4.78, 5) is 37.4. The zero-order valence-corrected chi connectivity index (χ0v) is 15.8. The van der Waals surface area contributed by atoms with Gasteiger partial charge in [-0.25, -0.2) is 0 Å². The zero-order chi connectivity index (χ0) is 19.3. The smallest absolute Gasteiger partial charge is 0.294 e. The first kappa shape index (κ1) is 19.8. The fraction of sp³-hybridized carbons (Fsp3) is 0.389. The summed E-state index contributed by atoms with van der Waals surface area (Å²) in [7, 11) is 0. The zero-order valence-electron chi connectivity index (χ0n) is 14.9. The molecule has 26 heavy (non-hydrogen) atoms. The molecule has 1 heterocycles. The van der Waals surface area contributed by atoms with E-state index in [2.05, 4.69) is 5.32 Å². The number of benzene rings is 1. The van der Waals surface area contributed by atoms with Crippen LogP contribution in [-0.2, 0) is 9.59 Å². The van der Waals surface area contributed by atoms with Crippen LogP contribution >= 0.6 is 11.8 Å². The molecule has 1 aliphatic heterocycles. The topological polar surface area (TPSA) is 95.9 Å². The number of hydrogen-bond donors (Lipinski definition) is 2. The van der Waals surface area contributed by atoms with Crippen molar-refractivity contribution in [2.75, 3.05) is 19.7 Å². The van der Waals surface area contributed by atoms with Crippen molar-refractivity contribution in [2.45, 2.75) is 20.8 Å². The van der Waals surface area contributed by atoms with Gasteiger partial charge in [0.25, 0.3) is 11.1 Å². The maximum absolute atomic E-state index is 12.4. The summed E-state index contributed by atoms with van der Waals surface area (Å²) in [6, 6.07) is 4.91. The molecule has 1 aliphatic rings. The van der Waals surface area contributed by atoms with E-state index in [1.807, 2.05) is 13.8 Å². The lowest BCUT2D eigenvalue weighted by atomic mass is 10.1. The van der Waals surface area contributed by atoms with Crippen LogP contribution < -0.4 is 10.1 Å². The van der Waals surface area contributed by atoms with Crippen molar-refractivity contribution in [1.82, 2.24) is 10.2 Å². The van der Waals surface area contributed by atoms with E-state index >= 15 is 0 Å². The molecule has 0 aromatic heterocycles. The van der Waals surface area contributed by atoms with Crippen LogP contribution in [0.1, 0.15) is 26.3 Å². The molecule has 8 heteroatoms. The van der Waals surface area contributed by atoms with Crippen molar-refractivity contribution >= 4 is 34.9 Å². The lowest BCUT2D eigenvalue weighted by molar-refractivity contribution is -0.129. The minimum Gasteiger partial charge on any atom is -0.504 e. The van der Waals surface area contributed by atoms with Crippen LogP contribution in [0, 0.1) is 5.92 Å². The van der Waals surface area contributed by atoms with Gasteiger partial charge in [0.1, 0.15) is 6.54 Å². The number of rotatable bonds is 7. The summed E-state index contributed by atoms with van der Waals surface area (Å²) in [5.41, 5.74) is 0.366. The van der Waals surface area contributed by atoms with Crippen LogP contribution in [0.2, 0.25) is 0 Å². The second-order valence-corrected chi connectivity index (χ2v) is 7.09. The first-order chi connectivity index (χ1) is 12.3. The highest BCUT2D eigenvalue weighted by Gasteiger charge is 2.36. The van der Waals surface area contributed by atoms with Crippen LogP contribution in [-0.4, -0.2) is 46.8 Å². The summed E-state index contributed by atoms with van der Waals surface area (Å²) in [5.74, 6) is -0.469. The number of ether oxygens (including phenoxy) is 1. The average Bonchev–Trinajstić information content (AvgIpc) is 2.84. The number of phenols is 1. The Hall–Kier alpha value is -2.48. The number of thioether (sulfide) groups is 1. The largest absolute Gasteiger partial charge is 0.504 e. The molecule has 2 N–H and O–H groups in total. The number of amides is 3. The van der Waals surface area contributed by atoms with E-state index < -0.39 is 11.1 Å². The fourth-order valence-electron chi connectivity index (χ4n) is 2.22. The molecule has 1 aromatic rings. The Bertz CT molecular complexity index is 745. The first-order valence-corrected chi connectivity index (χ1v) is 9.12. The lowest BCUT2D eigenvalue weighted by Crippen LogP contribution is -2.40. The number of imide groups is 1. The quantitative estimate of drug-likeness (QED) is 0.708. The number of hydrogen-bond acceptors (Lipinski definition) is 6. The molecular formula is C18H22N2O5S. The Morgan fingerprint density at radius 2 is 2.12 bits per heavy atom. The predicted octanol–water partition coefficient (Wildman–Crippen LogP) is 2.60. The van der Waals surface area contributed by atoms with Gasteiger partial charge in [-0.1, -0.05) is 26.0 Å². The van der Waals surface area contributed by atoms with Crippen molar-refractivity contribution in [3.63, 3.8) is 0 Å². The molecule has 0 bridgehead atoms. The number of carbonyl (C=O) groups is 3. The SMILES string of the molecule is CCOc1cccc(/C=C2\SC(=O)N(CC(=O)NCC(C)C)C2=O)c1O. The van der Waals surface area contributed by atoms with E-state index in [0.717, 1.165) is 16.7 Å². The van der Waals surface area contributed by atoms with E-state index in [1.54, 1.807) is 25.1 Å². The van der Waals surface area contributed by atoms with Gasteiger partial charge < -0.3 is 15.2 Å². The van der Waals surface area contributed by atoms with Gasteiger partial charge in [0, 0.05) is 12.1 Å². The first-order valence-electron chi connectivity index (χ1n) is 8.30. The number of para-hydroxylation sites is 1. The Morgan fingerprint density at radius 1 is 1.38 bits per heavy atom. The van der Waals surface area contributed by atoms with Gasteiger partial charge >= 0.3 is 0 Å². The fourth-order valence-corrected chi connectivity index (χ4v) is 3.05. The van der Waals surface area contributed by atoms with Crippen LogP contribution in [0.3, 0.4) is 0 Å². The molecule has 0 atom stereocenters. The second kappa shape index (κ2) is 8.75. The molecule has 1 fully saturated rings. The van der Waals surface area contributed by atoms with E-state index in [0.29, 0.717) is 24.5 Å². The van der Waals surface area contributed by atoms with Crippen molar-refractivity contribution in [2.24, 2.45) is 5.92 Å². The van der Waals surface area contributed by atoms with Gasteiger partial charge in [-0.3, -0.25) is 19.3 Å². The highest BCUT2D eigenvalue weighted by atomic mass is 32.2. The number of carbonyl (C=O) groups excluding carboxylic acids is 3. The molecule has 140 valence electrons. The van der Waals surface area contributed by atoms with Crippen LogP contribution in [0.4, 0.5) is 4.79 Å². The molecule has 0 radical (unpaired) electrons. The summed E-state index contributed by atoms with van der Waals surface area (Å²) < 4.78 is 5.31. The normalized spacial score (nSPS) is 15.8. The molecule has 2 rings (SSSR count). The molecule has 0 spiro atoms. The van der Waals surface area contributed by atoms with Gasteiger partial charge in [0.05, 0.1) is 11.5 Å². The van der Waals surface area contributed by atoms with E-state index in [1.165, 1.54) is 6.08 Å². The molecule has 3 amide bonds. The third-order valence-corrected chi connectivity index (χ3v) is 4.41. The highest BCUT2D eigenvalue weighted by Crippen LogP contribution is 2.36. The summed E-state index contributed by atoms with van der Waals surface area (Å²) in [6.45, 7) is 6.24. The summed E-state index contributed by atoms with van der Waals surface area (Å²) >= 11 is 0.738. The molecule has 7 nitrogen and oxygen atoms in total. The van der Waals surface area contributed by atoms with Crippen molar-refractivity contribution in [1.29, 1.82) is 0 Å². The summed E-state index contributed by atoms with van der Waals surface area (Å²) in [5, 5.41) is 12.4. The third kappa shape index (κ3) is 4.78. The number of nitrogens with zero attached hydrogens (tertiary/aromatic N) is 1. The Morgan fingerprint density at radius 3 is 2.77 bits per heavy atom. The van der Waals surface area contributed by atoms with E-state index in [4.69, 9.17) is 4.74 Å². The van der Waals surface area contributed by atoms with E-state index in [9.17, 15) is 19.5 Å². The van der Waals surface area contributed by atoms with Gasteiger partial charge in [-0.2, -0.15) is 0 Å². The van der Waals surface area contributed by atoms with Gasteiger partial charge in [0.2, 0.25) is 5.91 Å². The molecule has 0 unspecified atom stereocenters. The van der Waals surface area contributed by atoms with Gasteiger partial charge in [0.15, 0.2) is 11.5 Å². The summed E-state index contributed by atoms with van der Waals surface area (Å²) in [6.07, 6.45) is 1.43. The van der Waals surface area contributed by atoms with E-state index in [-0.39, 0.29) is 29.0 Å². The maximum Gasteiger partial charge on any atom is 0.294 e. The Kier molecular flexibility index (Phi) is 6.68. The van der Waals surface area contributed by atoms with Gasteiger partial charge in [-0.15, -0.1) is 0 Å². The van der Waals surface area contributed by atoms with Crippen molar-refractivity contribution in [3.8, 4) is 11.5 Å². The Balaban J connectivity index is 2.14. The average molecular weight is 378 g/mol. The molecule has 0 aliphatic carbocycles. The minimum atomic E-state index is -0.555. The third-order valence-electron chi connectivity index (χ3n) is 3.50. The molecule has 1 saturated heterocycles. The molecule has 1 aromatic carbocycles. The number of aromatic hydroxyl groups is 1. The lowest BCUT2D eigenvalue weighted by Gasteiger charge is -2.13. The second-order valence-electron chi connectivity index (χ2n) is 6.09. The number of nitrogens with one attached hydrogen (secondary N) is 1. The molecular weight excluding hydrogens is 356 g/mol. The highest BCUT2D eigenvalue weighted by molar-refractivity contribution is 8.18. The number of phenolic OH excluding ortho intramolecular Hbond substituents is 1. The van der Waals surface area contributed by atoms with Crippen LogP contribution in [0.5, 0.6) is 11.5 Å².